The van der Waals surface area contributed by atoms with Crippen LogP contribution in [0.15, 0.2) is 65.7 Å². The molecule has 1 heterocycles. The van der Waals surface area contributed by atoms with Gasteiger partial charge in [-0.15, -0.1) is 0 Å². The van der Waals surface area contributed by atoms with Crippen molar-refractivity contribution in [2.75, 3.05) is 0 Å². The predicted octanol–water partition coefficient (Wildman–Crippen LogP) is 3.73. The molecule has 0 aliphatic carbocycles. The first-order chi connectivity index (χ1) is 14.4. The second-order valence-electron chi connectivity index (χ2n) is 6.60. The molecule has 1 atom stereocenters. The second-order valence-corrected chi connectivity index (χ2v) is 7.58. The van der Waals surface area contributed by atoms with E-state index >= 15 is 0 Å². The van der Waals surface area contributed by atoms with Gasteiger partial charge in [-0.05, 0) is 48.6 Å². The Balaban J connectivity index is 0.000000222. The molecule has 3 N–H and O–H groups in total. The Kier molecular flexibility index (Phi) is 8.90. The molecule has 0 bridgehead atoms. The van der Waals surface area contributed by atoms with E-state index in [1.807, 2.05) is 17.6 Å². The zero-order valence-corrected chi connectivity index (χ0v) is 17.6. The normalized spacial score (nSPS) is 14.9. The van der Waals surface area contributed by atoms with Crippen molar-refractivity contribution in [1.82, 2.24) is 10.6 Å². The maximum atomic E-state index is 11.2. The van der Waals surface area contributed by atoms with Crippen molar-refractivity contribution in [3.63, 3.8) is 0 Å². The Morgan fingerprint density at radius 1 is 1.17 bits per heavy atom. The van der Waals surface area contributed by atoms with Crippen molar-refractivity contribution in [2.45, 2.75) is 25.8 Å². The maximum absolute atomic E-state index is 11.2. The van der Waals surface area contributed by atoms with E-state index in [9.17, 15) is 14.4 Å². The molecule has 1 aliphatic rings. The fraction of sp³-hybridized carbons (Fsp3) is 0.174. The van der Waals surface area contributed by atoms with E-state index in [0.717, 1.165) is 11.3 Å². The summed E-state index contributed by atoms with van der Waals surface area (Å²) in [5, 5.41) is 16.1. The molecule has 0 radical (unpaired) electrons. The van der Waals surface area contributed by atoms with E-state index < -0.39 is 5.97 Å². The number of hydrogen-bond acceptors (Lipinski definition) is 5. The second kappa shape index (κ2) is 11.6. The van der Waals surface area contributed by atoms with Crippen molar-refractivity contribution in [3.05, 3.63) is 88.0 Å². The van der Waals surface area contributed by atoms with E-state index in [1.165, 1.54) is 35.0 Å². The Hall–Kier alpha value is -3.32. The van der Waals surface area contributed by atoms with Gasteiger partial charge in [0, 0.05) is 12.2 Å². The number of nitrogens with one attached hydrogen (secondary N) is 2. The molecule has 0 aromatic heterocycles. The SMILES string of the molecule is CC(=O)C1NC(/C=C/c2cccc(C)c2)=CS1.O=CNCc1cccc(C(=O)O)c1. The van der Waals surface area contributed by atoms with Crippen LogP contribution in [0.25, 0.3) is 6.08 Å². The van der Waals surface area contributed by atoms with Crippen LogP contribution in [0, 0.1) is 6.92 Å². The molecule has 1 aliphatic heterocycles. The highest BCUT2D eigenvalue weighted by Crippen LogP contribution is 2.22. The topological polar surface area (TPSA) is 95.5 Å². The van der Waals surface area contributed by atoms with Crippen LogP contribution in [0.5, 0.6) is 0 Å². The number of carboxylic acid groups (broad SMARTS) is 1. The average molecular weight is 425 g/mol. The Labute approximate surface area is 180 Å². The van der Waals surface area contributed by atoms with Crippen molar-refractivity contribution in [1.29, 1.82) is 0 Å². The molecule has 0 fully saturated rings. The highest BCUT2D eigenvalue weighted by molar-refractivity contribution is 8.03. The summed E-state index contributed by atoms with van der Waals surface area (Å²) in [6.07, 6.45) is 4.63. The van der Waals surface area contributed by atoms with Crippen LogP contribution >= 0.6 is 11.8 Å². The van der Waals surface area contributed by atoms with Crippen LogP contribution in [0.2, 0.25) is 0 Å². The molecular formula is C23H24N2O4S. The quantitative estimate of drug-likeness (QED) is 0.586. The summed E-state index contributed by atoms with van der Waals surface area (Å²) in [5.74, 6) is -0.807. The minimum atomic E-state index is -0.965. The third kappa shape index (κ3) is 7.60. The number of carbonyl (C=O) groups is 3. The van der Waals surface area contributed by atoms with E-state index in [2.05, 4.69) is 41.8 Å². The Morgan fingerprint density at radius 3 is 2.57 bits per heavy atom. The maximum Gasteiger partial charge on any atom is 0.335 e. The molecule has 0 saturated heterocycles. The predicted molar refractivity (Wildman–Crippen MR) is 120 cm³/mol. The lowest BCUT2D eigenvalue weighted by Gasteiger charge is -2.06. The third-order valence-electron chi connectivity index (χ3n) is 4.06. The lowest BCUT2D eigenvalue weighted by Crippen LogP contribution is -2.26. The first-order valence-electron chi connectivity index (χ1n) is 9.25. The summed E-state index contributed by atoms with van der Waals surface area (Å²) in [7, 11) is 0. The number of carboxylic acids is 1. The summed E-state index contributed by atoms with van der Waals surface area (Å²) in [4.78, 5) is 31.7. The number of allylic oxidation sites excluding steroid dienone is 1. The molecule has 156 valence electrons. The zero-order chi connectivity index (χ0) is 21.9. The van der Waals surface area contributed by atoms with Gasteiger partial charge in [0.15, 0.2) is 5.78 Å². The van der Waals surface area contributed by atoms with E-state index in [4.69, 9.17) is 5.11 Å². The van der Waals surface area contributed by atoms with Crippen LogP contribution in [-0.4, -0.2) is 28.6 Å². The molecule has 30 heavy (non-hydrogen) atoms. The van der Waals surface area contributed by atoms with Gasteiger partial charge in [-0.2, -0.15) is 0 Å². The number of ketones is 1. The van der Waals surface area contributed by atoms with Crippen LogP contribution in [0.3, 0.4) is 0 Å². The number of hydrogen-bond donors (Lipinski definition) is 3. The number of thioether (sulfide) groups is 1. The molecule has 2 aromatic carbocycles. The fourth-order valence-electron chi connectivity index (χ4n) is 2.58. The summed E-state index contributed by atoms with van der Waals surface area (Å²) < 4.78 is 0. The molecule has 6 nitrogen and oxygen atoms in total. The van der Waals surface area contributed by atoms with Gasteiger partial charge in [-0.25, -0.2) is 4.79 Å². The number of benzene rings is 2. The van der Waals surface area contributed by atoms with Gasteiger partial charge in [-0.3, -0.25) is 9.59 Å². The Bertz CT molecular complexity index is 969. The van der Waals surface area contributed by atoms with Crippen molar-refractivity contribution in [3.8, 4) is 0 Å². The first kappa shape index (κ1) is 23.0. The van der Waals surface area contributed by atoms with E-state index in [-0.39, 0.29) is 16.7 Å². The van der Waals surface area contributed by atoms with Gasteiger partial charge >= 0.3 is 5.97 Å². The van der Waals surface area contributed by atoms with Crippen molar-refractivity contribution >= 4 is 36.0 Å². The first-order valence-corrected chi connectivity index (χ1v) is 10.2. The summed E-state index contributed by atoms with van der Waals surface area (Å²) in [5.41, 5.74) is 4.41. The fourth-order valence-corrected chi connectivity index (χ4v) is 3.40. The highest BCUT2D eigenvalue weighted by Gasteiger charge is 2.18. The Morgan fingerprint density at radius 2 is 1.93 bits per heavy atom. The lowest BCUT2D eigenvalue weighted by molar-refractivity contribution is -0.116. The molecule has 1 unspecified atom stereocenters. The minimum absolute atomic E-state index is 0.118. The van der Waals surface area contributed by atoms with Crippen LogP contribution in [0.1, 0.15) is 34.0 Å². The molecule has 7 heteroatoms. The van der Waals surface area contributed by atoms with E-state index in [1.54, 1.807) is 19.1 Å². The van der Waals surface area contributed by atoms with Crippen molar-refractivity contribution in [2.24, 2.45) is 0 Å². The number of aromatic carboxylic acids is 1. The number of carbonyl (C=O) groups excluding carboxylic acids is 2. The van der Waals surface area contributed by atoms with Gasteiger partial charge in [0.25, 0.3) is 0 Å². The highest BCUT2D eigenvalue weighted by atomic mass is 32.2. The van der Waals surface area contributed by atoms with Gasteiger partial charge in [-0.1, -0.05) is 59.8 Å². The molecule has 0 spiro atoms. The number of Topliss-reactive ketones (excluding diaryl/α,β-unsaturated/α-hetero) is 1. The molecular weight excluding hydrogens is 400 g/mol. The van der Waals surface area contributed by atoms with E-state index in [0.29, 0.717) is 13.0 Å². The number of rotatable bonds is 7. The van der Waals surface area contributed by atoms with Gasteiger partial charge in [0.2, 0.25) is 6.41 Å². The van der Waals surface area contributed by atoms with Crippen LogP contribution in [0.4, 0.5) is 0 Å². The average Bonchev–Trinajstić information content (AvgIpc) is 3.21. The summed E-state index contributed by atoms with van der Waals surface area (Å²) >= 11 is 1.52. The molecule has 2 aromatic rings. The number of aryl methyl sites for hydroxylation is 1. The zero-order valence-electron chi connectivity index (χ0n) is 16.8. The van der Waals surface area contributed by atoms with Gasteiger partial charge in [0.05, 0.1) is 5.56 Å². The van der Waals surface area contributed by atoms with Gasteiger partial charge < -0.3 is 15.7 Å². The smallest absolute Gasteiger partial charge is 0.335 e. The lowest BCUT2D eigenvalue weighted by atomic mass is 10.1. The molecule has 1 amide bonds. The van der Waals surface area contributed by atoms with Crippen LogP contribution in [-0.2, 0) is 16.1 Å². The number of amides is 1. The minimum Gasteiger partial charge on any atom is -0.478 e. The summed E-state index contributed by atoms with van der Waals surface area (Å²) in [6, 6.07) is 14.7. The van der Waals surface area contributed by atoms with Crippen molar-refractivity contribution < 1.29 is 19.5 Å². The van der Waals surface area contributed by atoms with Crippen LogP contribution < -0.4 is 10.6 Å². The standard InChI is InChI=1S/C14H15NOS.C9H9NO3/c1-10-4-3-5-12(8-10)6-7-13-9-17-14(15-13)11(2)16;11-6-10-5-7-2-1-3-8(4-7)9(12)13/h3-9,14-15H,1-2H3;1-4,6H,5H2,(H,10,11)(H,12,13)/b7-6+;. The third-order valence-corrected chi connectivity index (χ3v) is 5.17. The monoisotopic (exact) mass is 424 g/mol. The molecule has 3 rings (SSSR count). The molecule has 0 saturated carbocycles. The van der Waals surface area contributed by atoms with Gasteiger partial charge in [0.1, 0.15) is 5.37 Å². The summed E-state index contributed by atoms with van der Waals surface area (Å²) in [6.45, 7) is 4.03. The largest absolute Gasteiger partial charge is 0.478 e.